The van der Waals surface area contributed by atoms with Gasteiger partial charge in [-0.05, 0) is 39.2 Å². The number of nitrogens with zero attached hydrogens (tertiary/aromatic N) is 1. The molecule has 132 valence electrons. The maximum atomic E-state index is 13.2. The van der Waals surface area contributed by atoms with Crippen molar-refractivity contribution in [3.05, 3.63) is 35.9 Å². The first-order valence-electron chi connectivity index (χ1n) is 8.13. The zero-order chi connectivity index (χ0) is 17.7. The van der Waals surface area contributed by atoms with Gasteiger partial charge in [-0.2, -0.15) is 5.06 Å². The van der Waals surface area contributed by atoms with E-state index < -0.39 is 12.9 Å². The first-order valence-corrected chi connectivity index (χ1v) is 9.67. The predicted octanol–water partition coefficient (Wildman–Crippen LogP) is 5.08. The van der Waals surface area contributed by atoms with Crippen molar-refractivity contribution in [1.29, 1.82) is 0 Å². The molecule has 1 aromatic rings. The summed E-state index contributed by atoms with van der Waals surface area (Å²) in [5.74, 6) is 0.110. The maximum Gasteiger partial charge on any atom is 0.352 e. The second-order valence-electron chi connectivity index (χ2n) is 6.27. The van der Waals surface area contributed by atoms with Crippen LogP contribution in [0.4, 0.5) is 0 Å². The molecule has 1 atom stereocenters. The molecule has 6 heteroatoms. The lowest BCUT2D eigenvalue weighted by Gasteiger charge is -2.43. The standard InChI is InChI=1S/C17H30NO4P/c1-7-21-23(20,22-8-2)17(5,6)18(19)16(14(3)4)15-12-10-9-11-13-15/h9-14,16,19H,7-8H2,1-6H3. The Balaban J connectivity index is 3.24. The van der Waals surface area contributed by atoms with Gasteiger partial charge in [0.15, 0.2) is 0 Å². The molecule has 0 aliphatic rings. The maximum absolute atomic E-state index is 13.2. The minimum Gasteiger partial charge on any atom is -0.312 e. The number of benzene rings is 1. The van der Waals surface area contributed by atoms with Gasteiger partial charge in [0.05, 0.1) is 19.3 Å². The van der Waals surface area contributed by atoms with Crippen LogP contribution in [0.5, 0.6) is 0 Å². The van der Waals surface area contributed by atoms with E-state index in [1.54, 1.807) is 27.7 Å². The molecule has 1 unspecified atom stereocenters. The molecule has 23 heavy (non-hydrogen) atoms. The van der Waals surface area contributed by atoms with Crippen LogP contribution in [0.3, 0.4) is 0 Å². The molecule has 0 heterocycles. The minimum atomic E-state index is -3.52. The molecule has 0 bridgehead atoms. The lowest BCUT2D eigenvalue weighted by atomic mass is 9.95. The number of hydrogen-bond donors (Lipinski definition) is 1. The number of rotatable bonds is 9. The van der Waals surface area contributed by atoms with E-state index in [-0.39, 0.29) is 25.2 Å². The molecule has 5 nitrogen and oxygen atoms in total. The molecule has 0 spiro atoms. The molecule has 0 saturated carbocycles. The third-order valence-electron chi connectivity index (χ3n) is 3.87. The van der Waals surface area contributed by atoms with Gasteiger partial charge in [0.25, 0.3) is 0 Å². The fourth-order valence-electron chi connectivity index (χ4n) is 2.62. The van der Waals surface area contributed by atoms with Gasteiger partial charge < -0.3 is 14.3 Å². The topological polar surface area (TPSA) is 59.0 Å². The third kappa shape index (κ3) is 4.43. The molecular formula is C17H30NO4P. The Kier molecular flexibility index (Phi) is 7.43. The monoisotopic (exact) mass is 343 g/mol. The Morgan fingerprint density at radius 3 is 2.00 bits per heavy atom. The van der Waals surface area contributed by atoms with Gasteiger partial charge in [-0.3, -0.25) is 4.57 Å². The fraction of sp³-hybridized carbons (Fsp3) is 0.647. The number of hydrogen-bond acceptors (Lipinski definition) is 5. The summed E-state index contributed by atoms with van der Waals surface area (Å²) >= 11 is 0. The lowest BCUT2D eigenvalue weighted by Crippen LogP contribution is -2.46. The normalized spacial score (nSPS) is 14.5. The van der Waals surface area contributed by atoms with Crippen LogP contribution in [0.1, 0.15) is 53.1 Å². The zero-order valence-corrected chi connectivity index (χ0v) is 15.9. The van der Waals surface area contributed by atoms with Crippen LogP contribution in [0.15, 0.2) is 30.3 Å². The summed E-state index contributed by atoms with van der Waals surface area (Å²) in [5.41, 5.74) is 0.956. The van der Waals surface area contributed by atoms with Crippen molar-refractivity contribution in [2.75, 3.05) is 13.2 Å². The predicted molar refractivity (Wildman–Crippen MR) is 92.6 cm³/mol. The van der Waals surface area contributed by atoms with Crippen molar-refractivity contribution in [2.45, 2.75) is 52.9 Å². The van der Waals surface area contributed by atoms with Crippen molar-refractivity contribution >= 4 is 7.60 Å². The van der Waals surface area contributed by atoms with E-state index in [1.807, 2.05) is 44.2 Å². The molecule has 0 radical (unpaired) electrons. The van der Waals surface area contributed by atoms with Crippen LogP contribution in [-0.2, 0) is 13.6 Å². The molecule has 0 saturated heterocycles. The Bertz CT molecular complexity index is 509. The SMILES string of the molecule is CCOP(=O)(OCC)C(C)(C)N(O)C(c1ccccc1)C(C)C. The average Bonchev–Trinajstić information content (AvgIpc) is 2.48. The van der Waals surface area contributed by atoms with Gasteiger partial charge in [-0.25, -0.2) is 0 Å². The van der Waals surface area contributed by atoms with Crippen molar-refractivity contribution in [1.82, 2.24) is 5.06 Å². The molecule has 0 aliphatic carbocycles. The molecule has 0 aromatic heterocycles. The van der Waals surface area contributed by atoms with Crippen LogP contribution in [0.2, 0.25) is 0 Å². The summed E-state index contributed by atoms with van der Waals surface area (Å²) in [6.45, 7) is 11.5. The van der Waals surface area contributed by atoms with Crippen molar-refractivity contribution in [3.63, 3.8) is 0 Å². The van der Waals surface area contributed by atoms with E-state index in [1.165, 1.54) is 0 Å². The largest absolute Gasteiger partial charge is 0.352 e. The van der Waals surface area contributed by atoms with Crippen LogP contribution in [0, 0.1) is 5.92 Å². The summed E-state index contributed by atoms with van der Waals surface area (Å²) in [5, 5.41) is 10.9. The smallest absolute Gasteiger partial charge is 0.312 e. The Morgan fingerprint density at radius 1 is 1.13 bits per heavy atom. The van der Waals surface area contributed by atoms with E-state index in [2.05, 4.69) is 0 Å². The van der Waals surface area contributed by atoms with Gasteiger partial charge in [0, 0.05) is 0 Å². The molecule has 0 amide bonds. The van der Waals surface area contributed by atoms with Gasteiger partial charge >= 0.3 is 7.60 Å². The highest BCUT2D eigenvalue weighted by Crippen LogP contribution is 2.62. The lowest BCUT2D eigenvalue weighted by molar-refractivity contribution is -0.185. The molecule has 1 rings (SSSR count). The van der Waals surface area contributed by atoms with Gasteiger partial charge in [-0.15, -0.1) is 0 Å². The van der Waals surface area contributed by atoms with Gasteiger partial charge in [-0.1, -0.05) is 44.2 Å². The highest BCUT2D eigenvalue weighted by molar-refractivity contribution is 7.55. The van der Waals surface area contributed by atoms with E-state index in [9.17, 15) is 9.77 Å². The van der Waals surface area contributed by atoms with Crippen molar-refractivity contribution in [3.8, 4) is 0 Å². The van der Waals surface area contributed by atoms with Gasteiger partial charge in [0.2, 0.25) is 0 Å². The molecule has 1 aromatic carbocycles. The summed E-state index contributed by atoms with van der Waals surface area (Å²) in [7, 11) is -3.52. The van der Waals surface area contributed by atoms with Gasteiger partial charge in [0.1, 0.15) is 5.28 Å². The Hall–Kier alpha value is -0.710. The third-order valence-corrected chi connectivity index (χ3v) is 6.61. The van der Waals surface area contributed by atoms with Crippen LogP contribution >= 0.6 is 7.60 Å². The van der Waals surface area contributed by atoms with E-state index in [0.29, 0.717) is 0 Å². The quantitative estimate of drug-likeness (QED) is 0.501. The van der Waals surface area contributed by atoms with Crippen LogP contribution < -0.4 is 0 Å². The van der Waals surface area contributed by atoms with E-state index >= 15 is 0 Å². The van der Waals surface area contributed by atoms with E-state index in [0.717, 1.165) is 10.6 Å². The summed E-state index contributed by atoms with van der Waals surface area (Å²) in [6.07, 6.45) is 0. The first kappa shape index (κ1) is 20.3. The zero-order valence-electron chi connectivity index (χ0n) is 15.0. The summed E-state index contributed by atoms with van der Waals surface area (Å²) < 4.78 is 24.1. The second kappa shape index (κ2) is 8.41. The fourth-order valence-corrected chi connectivity index (χ4v) is 4.38. The molecule has 0 fully saturated rings. The van der Waals surface area contributed by atoms with Crippen molar-refractivity contribution < 1.29 is 18.8 Å². The first-order chi connectivity index (χ1) is 10.7. The molecular weight excluding hydrogens is 313 g/mol. The molecule has 0 aliphatic heterocycles. The highest BCUT2D eigenvalue weighted by atomic mass is 31.2. The summed E-state index contributed by atoms with van der Waals surface area (Å²) in [6, 6.07) is 9.37. The number of hydroxylamine groups is 2. The average molecular weight is 343 g/mol. The minimum absolute atomic E-state index is 0.110. The van der Waals surface area contributed by atoms with E-state index in [4.69, 9.17) is 9.05 Å². The van der Waals surface area contributed by atoms with Crippen molar-refractivity contribution in [2.24, 2.45) is 5.92 Å². The Labute approximate surface area is 140 Å². The Morgan fingerprint density at radius 2 is 1.61 bits per heavy atom. The molecule has 1 N–H and O–H groups in total. The van der Waals surface area contributed by atoms with Crippen LogP contribution in [-0.4, -0.2) is 28.8 Å². The summed E-state index contributed by atoms with van der Waals surface area (Å²) in [4.78, 5) is 0. The van der Waals surface area contributed by atoms with Crippen LogP contribution in [0.25, 0.3) is 0 Å². The highest BCUT2D eigenvalue weighted by Gasteiger charge is 2.50. The second-order valence-corrected chi connectivity index (χ2v) is 8.88.